The fourth-order valence-corrected chi connectivity index (χ4v) is 3.29. The number of benzene rings is 2. The molecule has 0 atom stereocenters. The molecule has 1 aromatic heterocycles. The number of rotatable bonds is 10. The van der Waals surface area contributed by atoms with E-state index in [4.69, 9.17) is 0 Å². The monoisotopic (exact) mass is 390 g/mol. The second-order valence-corrected chi connectivity index (χ2v) is 6.98. The van der Waals surface area contributed by atoms with Crippen molar-refractivity contribution in [3.8, 4) is 0 Å². The van der Waals surface area contributed by atoms with Gasteiger partial charge in [-0.25, -0.2) is 0 Å². The normalized spacial score (nSPS) is 10.6. The Morgan fingerprint density at radius 2 is 1.79 bits per heavy atom. The Bertz CT molecular complexity index is 893. The van der Waals surface area contributed by atoms with Crippen LogP contribution in [0.1, 0.15) is 31.4 Å². The molecule has 6 nitrogen and oxygen atoms in total. The van der Waals surface area contributed by atoms with Crippen molar-refractivity contribution < 1.29 is 0 Å². The number of hydrogen-bond acceptors (Lipinski definition) is 6. The molecule has 0 aliphatic carbocycles. The Morgan fingerprint density at radius 1 is 1.00 bits per heavy atom. The van der Waals surface area contributed by atoms with Crippen molar-refractivity contribution >= 4 is 23.1 Å². The summed E-state index contributed by atoms with van der Waals surface area (Å²) in [6.07, 6.45) is 3.72. The van der Waals surface area contributed by atoms with Gasteiger partial charge in [0.05, 0.1) is 6.20 Å². The standard InChI is InChI=1S/C23H30N6/c1-4-29(5-2)20-13-14-21(18(3)16-20)26-23-27-22(17-25-28-23)24-15-9-12-19-10-7-6-8-11-19/h6-8,10-11,13-14,16-17H,4-5,9,12,15H2,1-3H3,(H2,24,26,27,28). The van der Waals surface area contributed by atoms with Crippen molar-refractivity contribution in [1.29, 1.82) is 0 Å². The van der Waals surface area contributed by atoms with E-state index in [1.165, 1.54) is 11.3 Å². The Balaban J connectivity index is 1.56. The molecular weight excluding hydrogens is 360 g/mol. The summed E-state index contributed by atoms with van der Waals surface area (Å²) in [7, 11) is 0. The maximum absolute atomic E-state index is 4.54. The first-order valence-corrected chi connectivity index (χ1v) is 10.3. The SMILES string of the molecule is CCN(CC)c1ccc(Nc2nncc(NCCCc3ccccc3)n2)c(C)c1. The molecule has 1 heterocycles. The first kappa shape index (κ1) is 20.6. The van der Waals surface area contributed by atoms with Gasteiger partial charge in [-0.05, 0) is 62.9 Å². The minimum Gasteiger partial charge on any atom is -0.372 e. The highest BCUT2D eigenvalue weighted by Gasteiger charge is 2.07. The highest BCUT2D eigenvalue weighted by atomic mass is 15.3. The van der Waals surface area contributed by atoms with Gasteiger partial charge in [0.2, 0.25) is 5.95 Å². The van der Waals surface area contributed by atoms with E-state index in [0.717, 1.165) is 49.5 Å². The molecule has 0 radical (unpaired) electrons. The zero-order chi connectivity index (χ0) is 20.5. The van der Waals surface area contributed by atoms with Crippen molar-refractivity contribution in [1.82, 2.24) is 15.2 Å². The predicted octanol–water partition coefficient (Wildman–Crippen LogP) is 4.81. The molecule has 152 valence electrons. The van der Waals surface area contributed by atoms with Crippen LogP contribution >= 0.6 is 0 Å². The lowest BCUT2D eigenvalue weighted by molar-refractivity contribution is 0.853. The summed E-state index contributed by atoms with van der Waals surface area (Å²) in [5, 5.41) is 14.8. The molecule has 0 aliphatic heterocycles. The zero-order valence-corrected chi connectivity index (χ0v) is 17.5. The van der Waals surface area contributed by atoms with E-state index in [1.54, 1.807) is 6.20 Å². The number of aromatic nitrogens is 3. The minimum absolute atomic E-state index is 0.497. The van der Waals surface area contributed by atoms with Crippen LogP contribution in [0.25, 0.3) is 0 Å². The smallest absolute Gasteiger partial charge is 0.249 e. The molecule has 0 unspecified atom stereocenters. The number of nitrogens with one attached hydrogen (secondary N) is 2. The molecule has 3 rings (SSSR count). The van der Waals surface area contributed by atoms with Crippen LogP contribution < -0.4 is 15.5 Å². The predicted molar refractivity (Wildman–Crippen MR) is 121 cm³/mol. The molecule has 3 aromatic rings. The summed E-state index contributed by atoms with van der Waals surface area (Å²) in [6.45, 7) is 9.26. The molecular formula is C23H30N6. The van der Waals surface area contributed by atoms with E-state index < -0.39 is 0 Å². The molecule has 2 aromatic carbocycles. The number of aryl methyl sites for hydroxylation is 2. The van der Waals surface area contributed by atoms with Crippen LogP contribution in [0.5, 0.6) is 0 Å². The molecule has 0 fully saturated rings. The third-order valence-corrected chi connectivity index (χ3v) is 4.94. The number of anilines is 4. The summed E-state index contributed by atoms with van der Waals surface area (Å²) in [4.78, 5) is 6.87. The number of hydrogen-bond donors (Lipinski definition) is 2. The highest BCUT2D eigenvalue weighted by molar-refractivity contribution is 5.64. The van der Waals surface area contributed by atoms with Gasteiger partial charge in [-0.1, -0.05) is 30.3 Å². The maximum Gasteiger partial charge on any atom is 0.249 e. The van der Waals surface area contributed by atoms with Crippen LogP contribution in [-0.2, 0) is 6.42 Å². The average Bonchev–Trinajstić information content (AvgIpc) is 2.75. The van der Waals surface area contributed by atoms with E-state index in [1.807, 2.05) is 6.07 Å². The Hall–Kier alpha value is -3.15. The molecule has 6 heteroatoms. The summed E-state index contributed by atoms with van der Waals surface area (Å²) in [5.74, 6) is 1.23. The Labute approximate surface area is 173 Å². The van der Waals surface area contributed by atoms with Crippen molar-refractivity contribution in [3.05, 3.63) is 65.9 Å². The molecule has 0 aliphatic rings. The van der Waals surface area contributed by atoms with Crippen LogP contribution in [-0.4, -0.2) is 34.8 Å². The fraction of sp³-hybridized carbons (Fsp3) is 0.348. The van der Waals surface area contributed by atoms with Crippen molar-refractivity contribution in [2.75, 3.05) is 35.2 Å². The van der Waals surface area contributed by atoms with Crippen molar-refractivity contribution in [3.63, 3.8) is 0 Å². The Kier molecular flexibility index (Phi) is 7.39. The second-order valence-electron chi connectivity index (χ2n) is 6.98. The summed E-state index contributed by atoms with van der Waals surface area (Å²) in [6, 6.07) is 16.9. The maximum atomic E-state index is 4.54. The highest BCUT2D eigenvalue weighted by Crippen LogP contribution is 2.24. The third-order valence-electron chi connectivity index (χ3n) is 4.94. The van der Waals surface area contributed by atoms with Crippen molar-refractivity contribution in [2.45, 2.75) is 33.6 Å². The van der Waals surface area contributed by atoms with Crippen LogP contribution in [0.15, 0.2) is 54.7 Å². The summed E-state index contributed by atoms with van der Waals surface area (Å²) in [5.41, 5.74) is 4.72. The van der Waals surface area contributed by atoms with Crippen LogP contribution in [0, 0.1) is 6.92 Å². The minimum atomic E-state index is 0.497. The van der Waals surface area contributed by atoms with E-state index in [0.29, 0.717) is 5.95 Å². The third kappa shape index (κ3) is 5.91. The Morgan fingerprint density at radius 3 is 2.52 bits per heavy atom. The molecule has 2 N–H and O–H groups in total. The fourth-order valence-electron chi connectivity index (χ4n) is 3.29. The van der Waals surface area contributed by atoms with Crippen molar-refractivity contribution in [2.24, 2.45) is 0 Å². The van der Waals surface area contributed by atoms with Gasteiger partial charge >= 0.3 is 0 Å². The molecule has 0 amide bonds. The lowest BCUT2D eigenvalue weighted by Gasteiger charge is -2.22. The van der Waals surface area contributed by atoms with Gasteiger partial charge in [0, 0.05) is 31.0 Å². The van der Waals surface area contributed by atoms with Crippen LogP contribution in [0.4, 0.5) is 23.1 Å². The largest absolute Gasteiger partial charge is 0.372 e. The summed E-state index contributed by atoms with van der Waals surface area (Å²) >= 11 is 0. The number of nitrogens with zero attached hydrogens (tertiary/aromatic N) is 4. The quantitative estimate of drug-likeness (QED) is 0.484. The van der Waals surface area contributed by atoms with Gasteiger partial charge in [0.25, 0.3) is 0 Å². The van der Waals surface area contributed by atoms with Gasteiger partial charge < -0.3 is 15.5 Å². The van der Waals surface area contributed by atoms with Crippen LogP contribution in [0.2, 0.25) is 0 Å². The van der Waals surface area contributed by atoms with E-state index in [9.17, 15) is 0 Å². The summed E-state index contributed by atoms with van der Waals surface area (Å²) < 4.78 is 0. The van der Waals surface area contributed by atoms with Gasteiger partial charge in [0.15, 0.2) is 5.82 Å². The van der Waals surface area contributed by atoms with Crippen LogP contribution in [0.3, 0.4) is 0 Å². The lowest BCUT2D eigenvalue weighted by Crippen LogP contribution is -2.21. The molecule has 29 heavy (non-hydrogen) atoms. The molecule has 0 bridgehead atoms. The van der Waals surface area contributed by atoms with E-state index in [2.05, 4.69) is 94.0 Å². The lowest BCUT2D eigenvalue weighted by atomic mass is 10.1. The molecule has 0 spiro atoms. The molecule has 0 saturated carbocycles. The topological polar surface area (TPSA) is 66.0 Å². The first-order valence-electron chi connectivity index (χ1n) is 10.3. The average molecular weight is 391 g/mol. The zero-order valence-electron chi connectivity index (χ0n) is 17.5. The van der Waals surface area contributed by atoms with E-state index >= 15 is 0 Å². The molecule has 0 saturated heterocycles. The van der Waals surface area contributed by atoms with Gasteiger partial charge in [-0.15, -0.1) is 5.10 Å². The van der Waals surface area contributed by atoms with Gasteiger partial charge in [0.1, 0.15) is 0 Å². The second kappa shape index (κ2) is 10.4. The van der Waals surface area contributed by atoms with E-state index in [-0.39, 0.29) is 0 Å². The van der Waals surface area contributed by atoms with Gasteiger partial charge in [-0.3, -0.25) is 0 Å². The van der Waals surface area contributed by atoms with Gasteiger partial charge in [-0.2, -0.15) is 10.1 Å². The first-order chi connectivity index (χ1) is 14.2.